The van der Waals surface area contributed by atoms with Crippen LogP contribution in [0.25, 0.3) is 11.3 Å². The summed E-state index contributed by atoms with van der Waals surface area (Å²) in [5.41, 5.74) is 4.24. The Morgan fingerprint density at radius 3 is 2.61 bits per heavy atom. The van der Waals surface area contributed by atoms with Crippen molar-refractivity contribution in [2.45, 2.75) is 19.9 Å². The van der Waals surface area contributed by atoms with Crippen LogP contribution >= 0.6 is 15.9 Å². The third-order valence-corrected chi connectivity index (χ3v) is 4.87. The van der Waals surface area contributed by atoms with Crippen molar-refractivity contribution >= 4 is 34.0 Å². The van der Waals surface area contributed by atoms with Crippen molar-refractivity contribution in [2.75, 3.05) is 6.61 Å². The number of ether oxygens (including phenoxy) is 1. The monoisotopic (exact) mass is 483 g/mol. The lowest BCUT2D eigenvalue weighted by Crippen LogP contribution is -2.45. The summed E-state index contributed by atoms with van der Waals surface area (Å²) < 4.78 is 12.2. The normalized spacial score (nSPS) is 11.8. The summed E-state index contributed by atoms with van der Waals surface area (Å²) in [6.07, 6.45) is 1.40. The molecule has 2 N–H and O–H groups in total. The van der Waals surface area contributed by atoms with Crippen molar-refractivity contribution in [1.29, 1.82) is 0 Å². The van der Waals surface area contributed by atoms with Crippen LogP contribution in [0.3, 0.4) is 0 Å². The third kappa shape index (κ3) is 6.55. The molecule has 0 saturated heterocycles. The Balaban J connectivity index is 1.45. The summed E-state index contributed by atoms with van der Waals surface area (Å²) in [5.74, 6) is 0.941. The van der Waals surface area contributed by atoms with Gasteiger partial charge in [0.2, 0.25) is 0 Å². The molecule has 8 heteroatoms. The molecular weight excluding hydrogens is 462 g/mol. The number of carbonyl (C=O) groups excluding carboxylic acids is 2. The van der Waals surface area contributed by atoms with Gasteiger partial charge in [0.15, 0.2) is 6.61 Å². The number of aryl methyl sites for hydroxylation is 1. The van der Waals surface area contributed by atoms with E-state index in [2.05, 4.69) is 31.8 Å². The molecule has 0 fully saturated rings. The largest absolute Gasteiger partial charge is 0.484 e. The summed E-state index contributed by atoms with van der Waals surface area (Å²) >= 11 is 3.39. The molecule has 0 saturated carbocycles. The second-order valence-corrected chi connectivity index (χ2v) is 7.70. The summed E-state index contributed by atoms with van der Waals surface area (Å²) in [4.78, 5) is 24.2. The molecule has 1 heterocycles. The highest BCUT2D eigenvalue weighted by atomic mass is 79.9. The van der Waals surface area contributed by atoms with Crippen LogP contribution in [0.5, 0.6) is 5.75 Å². The SMILES string of the molecule is Cc1ccccc1OCC(=O)NC(C)C(=O)N/N=C/c1ccc(-c2ccc(Br)cc2)o1. The zero-order valence-electron chi connectivity index (χ0n) is 17.1. The molecule has 0 radical (unpaired) electrons. The predicted molar refractivity (Wildman–Crippen MR) is 122 cm³/mol. The van der Waals surface area contributed by atoms with E-state index in [4.69, 9.17) is 9.15 Å². The number of nitrogens with zero attached hydrogens (tertiary/aromatic N) is 1. The molecule has 0 spiro atoms. The molecule has 3 rings (SSSR count). The van der Waals surface area contributed by atoms with E-state index >= 15 is 0 Å². The van der Waals surface area contributed by atoms with Gasteiger partial charge in [-0.05, 0) is 49.7 Å². The molecule has 2 aromatic carbocycles. The van der Waals surface area contributed by atoms with Crippen LogP contribution in [-0.4, -0.2) is 30.7 Å². The van der Waals surface area contributed by atoms with E-state index in [1.54, 1.807) is 19.1 Å². The summed E-state index contributed by atoms with van der Waals surface area (Å²) in [5, 5.41) is 6.46. The van der Waals surface area contributed by atoms with Crippen LogP contribution in [0.4, 0.5) is 0 Å². The standard InChI is InChI=1S/C23H22BrN3O4/c1-15-5-3-4-6-20(15)30-14-22(28)26-16(2)23(29)27-25-13-19-11-12-21(31-19)17-7-9-18(24)10-8-17/h3-13,16H,14H2,1-2H3,(H,26,28)(H,27,29)/b25-13+. The van der Waals surface area contributed by atoms with Crippen LogP contribution in [0.2, 0.25) is 0 Å². The molecule has 0 aliphatic carbocycles. The smallest absolute Gasteiger partial charge is 0.262 e. The van der Waals surface area contributed by atoms with Crippen LogP contribution in [0.1, 0.15) is 18.2 Å². The highest BCUT2D eigenvalue weighted by molar-refractivity contribution is 9.10. The van der Waals surface area contributed by atoms with Crippen LogP contribution < -0.4 is 15.5 Å². The second kappa shape index (κ2) is 10.6. The molecule has 0 bridgehead atoms. The van der Waals surface area contributed by atoms with E-state index in [0.717, 1.165) is 15.6 Å². The van der Waals surface area contributed by atoms with Crippen LogP contribution in [0.15, 0.2) is 74.7 Å². The fraction of sp³-hybridized carbons (Fsp3) is 0.174. The van der Waals surface area contributed by atoms with Gasteiger partial charge in [-0.2, -0.15) is 5.10 Å². The number of furan rings is 1. The topological polar surface area (TPSA) is 92.9 Å². The second-order valence-electron chi connectivity index (χ2n) is 6.79. The fourth-order valence-corrected chi connectivity index (χ4v) is 2.92. The molecule has 1 atom stereocenters. The van der Waals surface area contributed by atoms with Crippen LogP contribution in [0, 0.1) is 6.92 Å². The van der Waals surface area contributed by atoms with Gasteiger partial charge in [-0.1, -0.05) is 46.3 Å². The highest BCUT2D eigenvalue weighted by Gasteiger charge is 2.15. The van der Waals surface area contributed by atoms with Gasteiger partial charge in [-0.15, -0.1) is 0 Å². The Kier molecular flexibility index (Phi) is 7.61. The lowest BCUT2D eigenvalue weighted by Gasteiger charge is -2.13. The average molecular weight is 484 g/mol. The quantitative estimate of drug-likeness (QED) is 0.373. The molecule has 0 aliphatic heterocycles. The molecule has 7 nitrogen and oxygen atoms in total. The molecule has 3 aromatic rings. The van der Waals surface area contributed by atoms with Crippen molar-refractivity contribution < 1.29 is 18.7 Å². The van der Waals surface area contributed by atoms with Gasteiger partial charge in [-0.25, -0.2) is 5.43 Å². The Morgan fingerprint density at radius 2 is 1.87 bits per heavy atom. The van der Waals surface area contributed by atoms with Gasteiger partial charge in [0.05, 0.1) is 6.21 Å². The van der Waals surface area contributed by atoms with Gasteiger partial charge in [0, 0.05) is 10.0 Å². The number of hydrogen-bond donors (Lipinski definition) is 2. The van der Waals surface area contributed by atoms with E-state index < -0.39 is 17.9 Å². The Hall–Kier alpha value is -3.39. The van der Waals surface area contributed by atoms with Crippen molar-refractivity contribution in [3.63, 3.8) is 0 Å². The van der Waals surface area contributed by atoms with Gasteiger partial charge in [0.25, 0.3) is 11.8 Å². The maximum Gasteiger partial charge on any atom is 0.262 e. The number of rotatable bonds is 8. The van der Waals surface area contributed by atoms with E-state index in [-0.39, 0.29) is 6.61 Å². The summed E-state index contributed by atoms with van der Waals surface area (Å²) in [6, 6.07) is 17.9. The van der Waals surface area contributed by atoms with Crippen molar-refractivity contribution in [3.8, 4) is 17.1 Å². The fourth-order valence-electron chi connectivity index (χ4n) is 2.66. The number of amides is 2. The number of hydrogen-bond acceptors (Lipinski definition) is 5. The minimum atomic E-state index is -0.778. The predicted octanol–water partition coefficient (Wildman–Crippen LogP) is 4.05. The number of para-hydroxylation sites is 1. The first-order chi connectivity index (χ1) is 14.9. The Morgan fingerprint density at radius 1 is 1.13 bits per heavy atom. The highest BCUT2D eigenvalue weighted by Crippen LogP contribution is 2.23. The van der Waals surface area contributed by atoms with Gasteiger partial charge in [0.1, 0.15) is 23.3 Å². The number of halogens is 1. The first kappa shape index (κ1) is 22.3. The lowest BCUT2D eigenvalue weighted by atomic mass is 10.2. The zero-order chi connectivity index (χ0) is 22.2. The maximum atomic E-state index is 12.1. The van der Waals surface area contributed by atoms with Gasteiger partial charge in [-0.3, -0.25) is 9.59 Å². The Bertz CT molecular complexity index is 1080. The molecule has 2 amide bonds. The molecule has 1 unspecified atom stereocenters. The summed E-state index contributed by atoms with van der Waals surface area (Å²) in [7, 11) is 0. The first-order valence-corrected chi connectivity index (χ1v) is 10.4. The molecule has 160 valence electrons. The number of benzene rings is 2. The van der Waals surface area contributed by atoms with E-state index in [1.807, 2.05) is 55.5 Å². The third-order valence-electron chi connectivity index (χ3n) is 4.35. The molecule has 0 aliphatic rings. The minimum Gasteiger partial charge on any atom is -0.484 e. The average Bonchev–Trinajstić information content (AvgIpc) is 3.22. The molecule has 31 heavy (non-hydrogen) atoms. The number of nitrogens with one attached hydrogen (secondary N) is 2. The number of carbonyl (C=O) groups is 2. The van der Waals surface area contributed by atoms with Crippen molar-refractivity contribution in [3.05, 3.63) is 76.5 Å². The van der Waals surface area contributed by atoms with Gasteiger partial charge >= 0.3 is 0 Å². The summed E-state index contributed by atoms with van der Waals surface area (Å²) in [6.45, 7) is 3.27. The van der Waals surface area contributed by atoms with E-state index in [9.17, 15) is 9.59 Å². The van der Waals surface area contributed by atoms with E-state index in [1.165, 1.54) is 6.21 Å². The number of hydrazone groups is 1. The molecular formula is C23H22BrN3O4. The van der Waals surface area contributed by atoms with Crippen LogP contribution in [-0.2, 0) is 9.59 Å². The van der Waals surface area contributed by atoms with Crippen molar-refractivity contribution in [1.82, 2.24) is 10.7 Å². The first-order valence-electron chi connectivity index (χ1n) is 9.59. The van der Waals surface area contributed by atoms with Gasteiger partial charge < -0.3 is 14.5 Å². The van der Waals surface area contributed by atoms with Crippen molar-refractivity contribution in [2.24, 2.45) is 5.10 Å². The minimum absolute atomic E-state index is 0.184. The maximum absolute atomic E-state index is 12.1. The van der Waals surface area contributed by atoms with E-state index in [0.29, 0.717) is 17.3 Å². The Labute approximate surface area is 188 Å². The molecule has 1 aromatic heterocycles. The zero-order valence-corrected chi connectivity index (χ0v) is 18.7. The lowest BCUT2D eigenvalue weighted by molar-refractivity contribution is -0.129.